The van der Waals surface area contributed by atoms with Gasteiger partial charge in [-0.15, -0.1) is 0 Å². The molecule has 1 aromatic heterocycles. The molecule has 4 heteroatoms. The standard InChI is InChI=1S/C20H26N2O2/c1-20(2)12-22(7-6-18(20)21)19(23)10-15-11-24-17-9-14-5-3-4-13(14)8-16(15)17/h8-9,11,18H,3-7,10,12,21H2,1-2H3. The molecule has 24 heavy (non-hydrogen) atoms. The number of likely N-dealkylation sites (tertiary alicyclic amines) is 1. The highest BCUT2D eigenvalue weighted by Gasteiger charge is 2.35. The highest BCUT2D eigenvalue weighted by molar-refractivity contribution is 5.88. The van der Waals surface area contributed by atoms with E-state index in [1.165, 1.54) is 17.5 Å². The average Bonchev–Trinajstić information content (AvgIpc) is 3.14. The lowest BCUT2D eigenvalue weighted by atomic mass is 9.79. The first-order valence-electron chi connectivity index (χ1n) is 8.99. The third-order valence-electron chi connectivity index (χ3n) is 5.87. The molecule has 0 bridgehead atoms. The van der Waals surface area contributed by atoms with Crippen LogP contribution < -0.4 is 5.73 Å². The maximum absolute atomic E-state index is 12.8. The number of rotatable bonds is 2. The Kier molecular flexibility index (Phi) is 3.68. The molecule has 2 heterocycles. The van der Waals surface area contributed by atoms with Crippen molar-refractivity contribution >= 4 is 16.9 Å². The lowest BCUT2D eigenvalue weighted by Crippen LogP contribution is -2.54. The van der Waals surface area contributed by atoms with E-state index < -0.39 is 0 Å². The van der Waals surface area contributed by atoms with E-state index in [4.69, 9.17) is 10.2 Å². The maximum Gasteiger partial charge on any atom is 0.227 e. The summed E-state index contributed by atoms with van der Waals surface area (Å²) in [6, 6.07) is 4.56. The van der Waals surface area contributed by atoms with E-state index in [-0.39, 0.29) is 17.4 Å². The summed E-state index contributed by atoms with van der Waals surface area (Å²) >= 11 is 0. The molecule has 1 fully saturated rings. The first-order chi connectivity index (χ1) is 11.4. The van der Waals surface area contributed by atoms with Gasteiger partial charge in [0.1, 0.15) is 5.58 Å². The molecule has 2 aromatic rings. The number of benzene rings is 1. The van der Waals surface area contributed by atoms with Gasteiger partial charge in [0.2, 0.25) is 5.91 Å². The highest BCUT2D eigenvalue weighted by Crippen LogP contribution is 2.32. The zero-order chi connectivity index (χ0) is 16.9. The van der Waals surface area contributed by atoms with Gasteiger partial charge in [-0.25, -0.2) is 0 Å². The van der Waals surface area contributed by atoms with Crippen molar-refractivity contribution in [3.05, 3.63) is 35.1 Å². The fourth-order valence-electron chi connectivity index (χ4n) is 4.15. The van der Waals surface area contributed by atoms with Gasteiger partial charge in [0.25, 0.3) is 0 Å². The van der Waals surface area contributed by atoms with Crippen molar-refractivity contribution in [1.29, 1.82) is 0 Å². The molecule has 1 saturated heterocycles. The molecule has 0 spiro atoms. The van der Waals surface area contributed by atoms with E-state index in [1.807, 2.05) is 4.90 Å². The predicted molar refractivity (Wildman–Crippen MR) is 94.9 cm³/mol. The van der Waals surface area contributed by atoms with E-state index in [1.54, 1.807) is 6.26 Å². The third kappa shape index (κ3) is 2.63. The zero-order valence-corrected chi connectivity index (χ0v) is 14.6. The molecule has 1 aromatic carbocycles. The van der Waals surface area contributed by atoms with Crippen LogP contribution in [-0.2, 0) is 24.1 Å². The number of carbonyl (C=O) groups excluding carboxylic acids is 1. The Bertz CT molecular complexity index is 790. The molecule has 2 N–H and O–H groups in total. The van der Waals surface area contributed by atoms with Gasteiger partial charge in [0.15, 0.2) is 0 Å². The minimum atomic E-state index is -0.0206. The summed E-state index contributed by atoms with van der Waals surface area (Å²) in [6.07, 6.45) is 6.55. The summed E-state index contributed by atoms with van der Waals surface area (Å²) in [6.45, 7) is 5.79. The van der Waals surface area contributed by atoms with Gasteiger partial charge in [0.05, 0.1) is 12.7 Å². The van der Waals surface area contributed by atoms with Crippen LogP contribution in [0.5, 0.6) is 0 Å². The summed E-state index contributed by atoms with van der Waals surface area (Å²) in [7, 11) is 0. The number of fused-ring (bicyclic) bond motifs is 2. The van der Waals surface area contributed by atoms with Gasteiger partial charge in [-0.3, -0.25) is 4.79 Å². The number of hydrogen-bond donors (Lipinski definition) is 1. The number of piperidine rings is 1. The Balaban J connectivity index is 1.55. The van der Waals surface area contributed by atoms with Crippen molar-refractivity contribution in [1.82, 2.24) is 4.90 Å². The fourth-order valence-corrected chi connectivity index (χ4v) is 4.15. The van der Waals surface area contributed by atoms with Gasteiger partial charge in [-0.2, -0.15) is 0 Å². The van der Waals surface area contributed by atoms with Crippen LogP contribution in [0, 0.1) is 5.41 Å². The molecule has 0 radical (unpaired) electrons. The van der Waals surface area contributed by atoms with E-state index in [2.05, 4.69) is 26.0 Å². The molecular weight excluding hydrogens is 300 g/mol. The number of aryl methyl sites for hydroxylation is 2. The van der Waals surface area contributed by atoms with Crippen LogP contribution in [0.15, 0.2) is 22.8 Å². The van der Waals surface area contributed by atoms with Crippen molar-refractivity contribution in [2.24, 2.45) is 11.1 Å². The maximum atomic E-state index is 12.8. The monoisotopic (exact) mass is 326 g/mol. The summed E-state index contributed by atoms with van der Waals surface area (Å²) in [5.74, 6) is 0.179. The molecule has 1 aliphatic heterocycles. The number of carbonyl (C=O) groups is 1. The van der Waals surface area contributed by atoms with Crippen molar-refractivity contribution in [3.8, 4) is 0 Å². The van der Waals surface area contributed by atoms with Gasteiger partial charge >= 0.3 is 0 Å². The largest absolute Gasteiger partial charge is 0.464 e. The smallest absolute Gasteiger partial charge is 0.227 e. The van der Waals surface area contributed by atoms with E-state index in [9.17, 15) is 4.79 Å². The van der Waals surface area contributed by atoms with Crippen molar-refractivity contribution in [2.45, 2.75) is 52.0 Å². The van der Waals surface area contributed by atoms with Crippen LogP contribution in [0.4, 0.5) is 0 Å². The van der Waals surface area contributed by atoms with Crippen molar-refractivity contribution in [3.63, 3.8) is 0 Å². The molecule has 1 amide bonds. The summed E-state index contributed by atoms with van der Waals surface area (Å²) in [5, 5.41) is 1.11. The van der Waals surface area contributed by atoms with Gasteiger partial charge in [0, 0.05) is 30.1 Å². The van der Waals surface area contributed by atoms with Crippen LogP contribution >= 0.6 is 0 Å². The minimum absolute atomic E-state index is 0.0206. The Morgan fingerprint density at radius 2 is 2.08 bits per heavy atom. The van der Waals surface area contributed by atoms with E-state index >= 15 is 0 Å². The summed E-state index contributed by atoms with van der Waals surface area (Å²) < 4.78 is 5.73. The minimum Gasteiger partial charge on any atom is -0.464 e. The Hall–Kier alpha value is -1.81. The fraction of sp³-hybridized carbons (Fsp3) is 0.550. The predicted octanol–water partition coefficient (Wildman–Crippen LogP) is 3.05. The second kappa shape index (κ2) is 5.62. The molecular formula is C20H26N2O2. The van der Waals surface area contributed by atoms with Crippen LogP contribution in [0.2, 0.25) is 0 Å². The molecule has 4 nitrogen and oxygen atoms in total. The van der Waals surface area contributed by atoms with Crippen molar-refractivity contribution in [2.75, 3.05) is 13.1 Å². The first-order valence-corrected chi connectivity index (χ1v) is 8.99. The summed E-state index contributed by atoms with van der Waals surface area (Å²) in [4.78, 5) is 14.7. The second-order valence-electron chi connectivity index (χ2n) is 8.11. The molecule has 2 aliphatic rings. The Morgan fingerprint density at radius 1 is 1.33 bits per heavy atom. The summed E-state index contributed by atoms with van der Waals surface area (Å²) in [5.41, 5.74) is 10.9. The molecule has 1 aliphatic carbocycles. The highest BCUT2D eigenvalue weighted by atomic mass is 16.3. The van der Waals surface area contributed by atoms with Crippen LogP contribution in [-0.4, -0.2) is 29.9 Å². The number of furan rings is 1. The number of nitrogens with zero attached hydrogens (tertiary/aromatic N) is 1. The quantitative estimate of drug-likeness (QED) is 0.923. The third-order valence-corrected chi connectivity index (χ3v) is 5.87. The number of hydrogen-bond acceptors (Lipinski definition) is 3. The Morgan fingerprint density at radius 3 is 2.83 bits per heavy atom. The van der Waals surface area contributed by atoms with Crippen LogP contribution in [0.25, 0.3) is 11.0 Å². The molecule has 1 unspecified atom stereocenters. The van der Waals surface area contributed by atoms with E-state index in [0.717, 1.165) is 48.9 Å². The zero-order valence-electron chi connectivity index (χ0n) is 14.6. The topological polar surface area (TPSA) is 59.5 Å². The lowest BCUT2D eigenvalue weighted by Gasteiger charge is -2.42. The normalized spacial score (nSPS) is 22.8. The lowest BCUT2D eigenvalue weighted by molar-refractivity contribution is -0.133. The molecule has 4 rings (SSSR count). The molecule has 1 atom stereocenters. The Labute approximate surface area is 143 Å². The molecule has 0 saturated carbocycles. The van der Waals surface area contributed by atoms with Crippen LogP contribution in [0.3, 0.4) is 0 Å². The van der Waals surface area contributed by atoms with Gasteiger partial charge in [-0.05, 0) is 54.4 Å². The van der Waals surface area contributed by atoms with Gasteiger partial charge in [-0.1, -0.05) is 13.8 Å². The first kappa shape index (κ1) is 15.7. The number of amides is 1. The van der Waals surface area contributed by atoms with E-state index in [0.29, 0.717) is 6.42 Å². The van der Waals surface area contributed by atoms with Gasteiger partial charge < -0.3 is 15.1 Å². The SMILES string of the molecule is CC1(C)CN(C(=O)Cc2coc3cc4c(cc23)CCC4)CCC1N. The molecule has 128 valence electrons. The number of nitrogens with two attached hydrogens (primary N) is 1. The second-order valence-corrected chi connectivity index (χ2v) is 8.11. The van der Waals surface area contributed by atoms with Crippen molar-refractivity contribution < 1.29 is 9.21 Å². The average molecular weight is 326 g/mol. The van der Waals surface area contributed by atoms with Crippen LogP contribution in [0.1, 0.15) is 43.4 Å².